The van der Waals surface area contributed by atoms with Crippen LogP contribution in [-0.4, -0.2) is 48.1 Å². The molecule has 34 heavy (non-hydrogen) atoms. The van der Waals surface area contributed by atoms with Gasteiger partial charge in [-0.05, 0) is 57.4 Å². The van der Waals surface area contributed by atoms with Crippen molar-refractivity contribution in [1.29, 1.82) is 0 Å². The van der Waals surface area contributed by atoms with E-state index in [4.69, 9.17) is 0 Å². The summed E-state index contributed by atoms with van der Waals surface area (Å²) in [4.78, 5) is 48.0. The van der Waals surface area contributed by atoms with Gasteiger partial charge in [0.2, 0.25) is 5.91 Å². The number of hydrogen-bond donors (Lipinski definition) is 3. The first-order valence-corrected chi connectivity index (χ1v) is 12.1. The summed E-state index contributed by atoms with van der Waals surface area (Å²) in [6.07, 6.45) is 9.66. The first-order chi connectivity index (χ1) is 16.3. The molecule has 2 heterocycles. The standard InChI is InChI=1S/C26H33N5O3/c1-16(2)28-25(33)22-19-13-12-18(31(3)26(34)17-9-5-4-6-10-17)15-21(19)29-23(22)30-24(32)20-11-7-8-14-27-20/h7,11-13,15-17,29H,4-6,8-10,14H2,1-3H3,(H,28,33)(H,30,32). The summed E-state index contributed by atoms with van der Waals surface area (Å²) in [5.41, 5.74) is 2.12. The molecular weight excluding hydrogens is 430 g/mol. The van der Waals surface area contributed by atoms with Gasteiger partial charge in [-0.3, -0.25) is 19.4 Å². The Balaban J connectivity index is 1.66. The summed E-state index contributed by atoms with van der Waals surface area (Å²) in [5, 5.41) is 6.42. The Morgan fingerprint density at radius 3 is 2.56 bits per heavy atom. The molecule has 1 aromatic heterocycles. The van der Waals surface area contributed by atoms with E-state index >= 15 is 0 Å². The van der Waals surface area contributed by atoms with Crippen molar-refractivity contribution in [2.75, 3.05) is 23.8 Å². The maximum atomic E-state index is 13.1. The molecule has 1 fully saturated rings. The van der Waals surface area contributed by atoms with Crippen molar-refractivity contribution in [1.82, 2.24) is 10.3 Å². The van der Waals surface area contributed by atoms with Crippen molar-refractivity contribution in [2.24, 2.45) is 10.9 Å². The lowest BCUT2D eigenvalue weighted by molar-refractivity contribution is -0.123. The molecule has 1 saturated carbocycles. The number of hydrogen-bond acceptors (Lipinski definition) is 4. The van der Waals surface area contributed by atoms with Gasteiger partial charge in [-0.2, -0.15) is 0 Å². The number of dihydropyridines is 1. The highest BCUT2D eigenvalue weighted by molar-refractivity contribution is 6.47. The second kappa shape index (κ2) is 10.2. The highest BCUT2D eigenvalue weighted by atomic mass is 16.2. The van der Waals surface area contributed by atoms with Gasteiger partial charge in [-0.25, -0.2) is 0 Å². The number of carbonyl (C=O) groups excluding carboxylic acids is 3. The molecular formula is C26H33N5O3. The van der Waals surface area contributed by atoms with E-state index in [2.05, 4.69) is 20.6 Å². The highest BCUT2D eigenvalue weighted by Gasteiger charge is 2.26. The van der Waals surface area contributed by atoms with E-state index in [9.17, 15) is 14.4 Å². The summed E-state index contributed by atoms with van der Waals surface area (Å²) in [6, 6.07) is 5.47. The number of anilines is 2. The van der Waals surface area contributed by atoms with Gasteiger partial charge >= 0.3 is 0 Å². The van der Waals surface area contributed by atoms with Crippen LogP contribution in [0, 0.1) is 5.92 Å². The third-order valence-electron chi connectivity index (χ3n) is 6.43. The number of carbonyl (C=O) groups is 3. The Labute approximate surface area is 199 Å². The fourth-order valence-corrected chi connectivity index (χ4v) is 4.64. The fraction of sp³-hybridized carbons (Fsp3) is 0.462. The highest BCUT2D eigenvalue weighted by Crippen LogP contribution is 2.32. The molecule has 8 heteroatoms. The van der Waals surface area contributed by atoms with Crippen LogP contribution in [0.2, 0.25) is 0 Å². The zero-order chi connectivity index (χ0) is 24.2. The van der Waals surface area contributed by atoms with E-state index in [0.29, 0.717) is 34.5 Å². The van der Waals surface area contributed by atoms with Gasteiger partial charge < -0.3 is 20.5 Å². The van der Waals surface area contributed by atoms with Crippen LogP contribution in [0.5, 0.6) is 0 Å². The summed E-state index contributed by atoms with van der Waals surface area (Å²) in [7, 11) is 1.80. The average Bonchev–Trinajstić information content (AvgIpc) is 3.20. The van der Waals surface area contributed by atoms with Crippen LogP contribution < -0.4 is 15.5 Å². The van der Waals surface area contributed by atoms with Gasteiger partial charge in [-0.15, -0.1) is 0 Å². The Kier molecular flexibility index (Phi) is 7.14. The molecule has 0 bridgehead atoms. The smallest absolute Gasteiger partial charge is 0.274 e. The van der Waals surface area contributed by atoms with E-state index in [-0.39, 0.29) is 29.7 Å². The van der Waals surface area contributed by atoms with Gasteiger partial charge in [-0.1, -0.05) is 25.3 Å². The summed E-state index contributed by atoms with van der Waals surface area (Å²) < 4.78 is 0. The SMILES string of the molecule is CC(C)NC(=O)c1c(NC(=O)C2=NCCC=C2)[nH]c2cc(N(C)C(=O)C3CCCCC3)ccc12. The number of aliphatic imine (C=N–C) groups is 1. The van der Waals surface area contributed by atoms with E-state index in [1.165, 1.54) is 6.42 Å². The maximum absolute atomic E-state index is 13.1. The van der Waals surface area contributed by atoms with Crippen molar-refractivity contribution in [3.63, 3.8) is 0 Å². The van der Waals surface area contributed by atoms with Crippen LogP contribution in [0.25, 0.3) is 10.9 Å². The molecule has 3 amide bonds. The number of amides is 3. The van der Waals surface area contributed by atoms with Crippen molar-refractivity contribution < 1.29 is 14.4 Å². The van der Waals surface area contributed by atoms with Crippen LogP contribution in [0.15, 0.2) is 35.3 Å². The Morgan fingerprint density at radius 1 is 1.12 bits per heavy atom. The van der Waals surface area contributed by atoms with Crippen molar-refractivity contribution in [3.8, 4) is 0 Å². The Bertz CT molecular complexity index is 1150. The minimum atomic E-state index is -0.370. The van der Waals surface area contributed by atoms with Crippen molar-refractivity contribution >= 4 is 45.8 Å². The number of H-pyrrole nitrogens is 1. The molecule has 1 aromatic carbocycles. The molecule has 4 rings (SSSR count). The van der Waals surface area contributed by atoms with Crippen LogP contribution in [0.4, 0.5) is 11.5 Å². The first kappa shape index (κ1) is 23.7. The van der Waals surface area contributed by atoms with Gasteiger partial charge in [0.05, 0.1) is 5.56 Å². The van der Waals surface area contributed by atoms with Gasteiger partial charge in [0, 0.05) is 42.1 Å². The molecule has 0 radical (unpaired) electrons. The molecule has 180 valence electrons. The number of nitrogens with one attached hydrogen (secondary N) is 3. The molecule has 0 unspecified atom stereocenters. The molecule has 0 saturated heterocycles. The zero-order valence-corrected chi connectivity index (χ0v) is 20.1. The molecule has 3 N–H and O–H groups in total. The van der Waals surface area contributed by atoms with Crippen LogP contribution in [0.3, 0.4) is 0 Å². The lowest BCUT2D eigenvalue weighted by Gasteiger charge is -2.26. The predicted molar refractivity (Wildman–Crippen MR) is 136 cm³/mol. The van der Waals surface area contributed by atoms with Crippen LogP contribution >= 0.6 is 0 Å². The Morgan fingerprint density at radius 2 is 1.88 bits per heavy atom. The first-order valence-electron chi connectivity index (χ1n) is 12.1. The summed E-state index contributed by atoms with van der Waals surface area (Å²) in [6.45, 7) is 4.34. The third-order valence-corrected chi connectivity index (χ3v) is 6.43. The minimum absolute atomic E-state index is 0.0599. The van der Waals surface area contributed by atoms with Crippen LogP contribution in [-0.2, 0) is 9.59 Å². The molecule has 1 aliphatic carbocycles. The molecule has 0 spiro atoms. The van der Waals surface area contributed by atoms with Gasteiger partial charge in [0.15, 0.2) is 0 Å². The predicted octanol–water partition coefficient (Wildman–Crippen LogP) is 4.19. The van der Waals surface area contributed by atoms with E-state index in [1.54, 1.807) is 18.0 Å². The van der Waals surface area contributed by atoms with E-state index < -0.39 is 0 Å². The number of aromatic nitrogens is 1. The summed E-state index contributed by atoms with van der Waals surface area (Å²) >= 11 is 0. The number of aromatic amines is 1. The minimum Gasteiger partial charge on any atom is -0.350 e. The molecule has 2 aromatic rings. The quantitative estimate of drug-likeness (QED) is 0.598. The second-order valence-electron chi connectivity index (χ2n) is 9.38. The van der Waals surface area contributed by atoms with Crippen molar-refractivity contribution in [2.45, 2.75) is 58.4 Å². The topological polar surface area (TPSA) is 107 Å². The average molecular weight is 464 g/mol. The van der Waals surface area contributed by atoms with E-state index in [1.807, 2.05) is 38.1 Å². The lowest BCUT2D eigenvalue weighted by Crippen LogP contribution is -2.33. The number of nitrogens with zero attached hydrogens (tertiary/aromatic N) is 2. The zero-order valence-electron chi connectivity index (χ0n) is 20.1. The number of benzene rings is 1. The molecule has 2 aliphatic rings. The normalized spacial score (nSPS) is 16.4. The van der Waals surface area contributed by atoms with Crippen molar-refractivity contribution in [3.05, 3.63) is 35.9 Å². The van der Waals surface area contributed by atoms with Gasteiger partial charge in [0.25, 0.3) is 11.8 Å². The van der Waals surface area contributed by atoms with Gasteiger partial charge in [0.1, 0.15) is 11.5 Å². The summed E-state index contributed by atoms with van der Waals surface area (Å²) in [5.74, 6) is -0.148. The lowest BCUT2D eigenvalue weighted by atomic mass is 9.88. The maximum Gasteiger partial charge on any atom is 0.274 e. The monoisotopic (exact) mass is 463 g/mol. The number of rotatable bonds is 6. The second-order valence-corrected chi connectivity index (χ2v) is 9.38. The third kappa shape index (κ3) is 5.05. The molecule has 8 nitrogen and oxygen atoms in total. The fourth-order valence-electron chi connectivity index (χ4n) is 4.64. The molecule has 1 aliphatic heterocycles. The molecule has 0 atom stereocenters. The van der Waals surface area contributed by atoms with E-state index in [0.717, 1.165) is 37.8 Å². The number of fused-ring (bicyclic) bond motifs is 1. The van der Waals surface area contributed by atoms with Crippen LogP contribution in [0.1, 0.15) is 62.7 Å². The largest absolute Gasteiger partial charge is 0.350 e. The Hall–Kier alpha value is -3.42.